The van der Waals surface area contributed by atoms with Crippen molar-refractivity contribution in [3.63, 3.8) is 0 Å². The predicted octanol–water partition coefficient (Wildman–Crippen LogP) is -0.921. The number of ether oxygens (including phenoxy) is 1. The minimum atomic E-state index is -0.746. The Balaban J connectivity index is 2.30. The first-order valence-electron chi connectivity index (χ1n) is 7.55. The first kappa shape index (κ1) is 17.4. The maximum absolute atomic E-state index is 11.9. The molecule has 0 bridgehead atoms. The highest BCUT2D eigenvalue weighted by molar-refractivity contribution is 5.92. The summed E-state index contributed by atoms with van der Waals surface area (Å²) in [5, 5.41) is 5.09. The van der Waals surface area contributed by atoms with Gasteiger partial charge in [-0.15, -0.1) is 0 Å². The lowest BCUT2D eigenvalue weighted by Gasteiger charge is -2.18. The van der Waals surface area contributed by atoms with Crippen LogP contribution in [0.3, 0.4) is 0 Å². The van der Waals surface area contributed by atoms with E-state index >= 15 is 0 Å². The maximum Gasteiger partial charge on any atom is 0.414 e. The predicted molar refractivity (Wildman–Crippen MR) is 76.7 cm³/mol. The molecule has 2 atom stereocenters. The van der Waals surface area contributed by atoms with Crippen LogP contribution in [0.5, 0.6) is 0 Å². The van der Waals surface area contributed by atoms with Gasteiger partial charge in [0.1, 0.15) is 0 Å². The topological polar surface area (TPSA) is 88.9 Å². The Morgan fingerprint density at radius 1 is 1.19 bits per heavy atom. The van der Waals surface area contributed by atoms with E-state index in [2.05, 4.69) is 15.4 Å². The van der Waals surface area contributed by atoms with E-state index in [0.717, 1.165) is 4.90 Å². The molecule has 0 aromatic heterocycles. The van der Waals surface area contributed by atoms with Gasteiger partial charge in [-0.1, -0.05) is 0 Å². The van der Waals surface area contributed by atoms with Gasteiger partial charge in [0, 0.05) is 6.04 Å². The van der Waals surface area contributed by atoms with Crippen LogP contribution in [0.25, 0.3) is 0 Å². The smallest absolute Gasteiger partial charge is 0.414 e. The fourth-order valence-electron chi connectivity index (χ4n) is 2.11. The molecule has 3 amide bonds. The summed E-state index contributed by atoms with van der Waals surface area (Å²) in [7, 11) is 0. The monoisotopic (exact) mass is 300 g/mol. The summed E-state index contributed by atoms with van der Waals surface area (Å²) in [6, 6.07) is 0.198. The highest BCUT2D eigenvalue weighted by Crippen LogP contribution is 2.32. The molecule has 1 saturated carbocycles. The van der Waals surface area contributed by atoms with E-state index in [1.165, 1.54) is 12.8 Å². The number of carbonyl (C=O) groups is 3. The van der Waals surface area contributed by atoms with Gasteiger partial charge in [0.05, 0.1) is 13.2 Å². The summed E-state index contributed by atoms with van der Waals surface area (Å²) in [5.74, 6) is 0.106. The second-order valence-corrected chi connectivity index (χ2v) is 5.42. The zero-order chi connectivity index (χ0) is 15.8. The van der Waals surface area contributed by atoms with Crippen LogP contribution >= 0.6 is 0 Å². The van der Waals surface area contributed by atoms with Crippen molar-refractivity contribution in [2.45, 2.75) is 39.7 Å². The van der Waals surface area contributed by atoms with Gasteiger partial charge in [-0.05, 0) is 39.5 Å². The maximum atomic E-state index is 11.9. The standard InChI is InChI=1S/C14H25N3O4/c1-4-17(9-13(19)16-14(20)21-5-2)8-12(18)15-10(3)11-6-7-11/h10-11H,4-9H2,1-3H3,(H,15,18)(H,16,19,20)/p+1/t10-/m0/s1. The van der Waals surface area contributed by atoms with Gasteiger partial charge in [-0.3, -0.25) is 14.9 Å². The number of quaternary nitrogens is 1. The zero-order valence-electron chi connectivity index (χ0n) is 13.0. The van der Waals surface area contributed by atoms with Gasteiger partial charge in [-0.25, -0.2) is 4.79 Å². The molecule has 120 valence electrons. The Kier molecular flexibility index (Phi) is 7.14. The molecule has 0 aliphatic heterocycles. The van der Waals surface area contributed by atoms with Crippen molar-refractivity contribution in [2.24, 2.45) is 5.92 Å². The van der Waals surface area contributed by atoms with E-state index in [-0.39, 0.29) is 31.6 Å². The number of alkyl carbamates (subject to hydrolysis) is 1. The number of rotatable bonds is 8. The average molecular weight is 300 g/mol. The number of hydrogen-bond acceptors (Lipinski definition) is 4. The van der Waals surface area contributed by atoms with E-state index in [0.29, 0.717) is 12.5 Å². The molecule has 7 nitrogen and oxygen atoms in total. The lowest BCUT2D eigenvalue weighted by atomic mass is 10.2. The zero-order valence-corrected chi connectivity index (χ0v) is 13.0. The quantitative estimate of drug-likeness (QED) is 0.541. The van der Waals surface area contributed by atoms with Crippen LogP contribution in [0.2, 0.25) is 0 Å². The minimum Gasteiger partial charge on any atom is -0.450 e. The molecule has 0 heterocycles. The van der Waals surface area contributed by atoms with Gasteiger partial charge in [-0.2, -0.15) is 0 Å². The first-order chi connectivity index (χ1) is 9.96. The lowest BCUT2D eigenvalue weighted by Crippen LogP contribution is -3.14. The summed E-state index contributed by atoms with van der Waals surface area (Å²) < 4.78 is 4.64. The fraction of sp³-hybridized carbons (Fsp3) is 0.786. The molecule has 0 aromatic rings. The molecule has 1 unspecified atom stereocenters. The van der Waals surface area contributed by atoms with Crippen molar-refractivity contribution in [1.29, 1.82) is 0 Å². The van der Waals surface area contributed by atoms with Crippen LogP contribution in [0.1, 0.15) is 33.6 Å². The Morgan fingerprint density at radius 2 is 1.81 bits per heavy atom. The molecule has 0 spiro atoms. The molecule has 0 aromatic carbocycles. The summed E-state index contributed by atoms with van der Waals surface area (Å²) in [6.07, 6.45) is 1.60. The van der Waals surface area contributed by atoms with Crippen LogP contribution in [-0.4, -0.2) is 50.2 Å². The summed E-state index contributed by atoms with van der Waals surface area (Å²) in [6.45, 7) is 6.70. The highest BCUT2D eigenvalue weighted by atomic mass is 16.5. The van der Waals surface area contributed by atoms with Crippen molar-refractivity contribution in [3.8, 4) is 0 Å². The summed E-state index contributed by atoms with van der Waals surface area (Å²) in [5.41, 5.74) is 0. The lowest BCUT2D eigenvalue weighted by molar-refractivity contribution is -0.881. The number of amides is 3. The third-order valence-corrected chi connectivity index (χ3v) is 3.56. The first-order valence-corrected chi connectivity index (χ1v) is 7.55. The van der Waals surface area contributed by atoms with Crippen LogP contribution in [0.15, 0.2) is 0 Å². The minimum absolute atomic E-state index is 0.0600. The molecular formula is C14H26N3O4+. The molecule has 3 N–H and O–H groups in total. The Bertz CT molecular complexity index is 382. The largest absolute Gasteiger partial charge is 0.450 e. The Morgan fingerprint density at radius 3 is 2.33 bits per heavy atom. The second kappa shape index (κ2) is 8.61. The molecule has 1 fully saturated rings. The van der Waals surface area contributed by atoms with Crippen molar-refractivity contribution >= 4 is 17.9 Å². The van der Waals surface area contributed by atoms with Crippen LogP contribution < -0.4 is 15.5 Å². The number of likely N-dealkylation sites (N-methyl/N-ethyl adjacent to an activating group) is 1. The van der Waals surface area contributed by atoms with Crippen LogP contribution in [0.4, 0.5) is 4.79 Å². The number of imide groups is 1. The number of carbonyl (C=O) groups excluding carboxylic acids is 3. The van der Waals surface area contributed by atoms with E-state index in [4.69, 9.17) is 0 Å². The third kappa shape index (κ3) is 7.08. The molecule has 0 radical (unpaired) electrons. The van der Waals surface area contributed by atoms with Crippen molar-refractivity contribution in [2.75, 3.05) is 26.2 Å². The molecule has 21 heavy (non-hydrogen) atoms. The van der Waals surface area contributed by atoms with E-state index in [9.17, 15) is 14.4 Å². The molecule has 1 aliphatic rings. The van der Waals surface area contributed by atoms with E-state index in [1.54, 1.807) is 6.92 Å². The van der Waals surface area contributed by atoms with Crippen molar-refractivity contribution < 1.29 is 24.0 Å². The van der Waals surface area contributed by atoms with Crippen LogP contribution in [-0.2, 0) is 14.3 Å². The van der Waals surface area contributed by atoms with Crippen molar-refractivity contribution in [1.82, 2.24) is 10.6 Å². The second-order valence-electron chi connectivity index (χ2n) is 5.42. The number of hydrogen-bond donors (Lipinski definition) is 3. The Hall–Kier alpha value is -1.63. The fourth-order valence-corrected chi connectivity index (χ4v) is 2.11. The van der Waals surface area contributed by atoms with E-state index in [1.807, 2.05) is 13.8 Å². The van der Waals surface area contributed by atoms with Gasteiger partial charge >= 0.3 is 6.09 Å². The Labute approximate surface area is 125 Å². The number of nitrogens with one attached hydrogen (secondary N) is 3. The van der Waals surface area contributed by atoms with Crippen molar-refractivity contribution in [3.05, 3.63) is 0 Å². The average Bonchev–Trinajstić information content (AvgIpc) is 3.21. The third-order valence-electron chi connectivity index (χ3n) is 3.56. The van der Waals surface area contributed by atoms with Gasteiger partial charge in [0.25, 0.3) is 11.8 Å². The van der Waals surface area contributed by atoms with Gasteiger partial charge in [0.15, 0.2) is 13.1 Å². The summed E-state index contributed by atoms with van der Waals surface area (Å²) in [4.78, 5) is 35.5. The van der Waals surface area contributed by atoms with Gasteiger partial charge < -0.3 is 15.0 Å². The highest BCUT2D eigenvalue weighted by Gasteiger charge is 2.29. The van der Waals surface area contributed by atoms with Crippen LogP contribution in [0, 0.1) is 5.92 Å². The van der Waals surface area contributed by atoms with Gasteiger partial charge in [0.2, 0.25) is 0 Å². The molecule has 1 aliphatic carbocycles. The van der Waals surface area contributed by atoms with E-state index < -0.39 is 12.0 Å². The molecular weight excluding hydrogens is 274 g/mol. The molecule has 7 heteroatoms. The molecule has 0 saturated heterocycles. The normalized spacial score (nSPS) is 16.7. The summed E-state index contributed by atoms with van der Waals surface area (Å²) >= 11 is 0. The SMILES string of the molecule is CCOC(=O)NC(=O)C[NH+](CC)CC(=O)N[C@@H](C)C1CC1. The molecule has 1 rings (SSSR count).